The van der Waals surface area contributed by atoms with Gasteiger partial charge in [-0.05, 0) is 25.8 Å². The molecule has 1 fully saturated rings. The van der Waals surface area contributed by atoms with Crippen molar-refractivity contribution in [2.24, 2.45) is 5.73 Å². The molecule has 1 aliphatic carbocycles. The Morgan fingerprint density at radius 2 is 2.15 bits per heavy atom. The molecule has 1 aliphatic rings. The molecule has 0 bridgehead atoms. The molecule has 3 nitrogen and oxygen atoms in total. The zero-order chi connectivity index (χ0) is 9.52. The topological polar surface area (TPSA) is 47.3 Å². The molecule has 0 amide bonds. The molecule has 0 spiro atoms. The first kappa shape index (κ1) is 11.0. The van der Waals surface area contributed by atoms with Crippen LogP contribution >= 0.6 is 0 Å². The molecule has 0 heterocycles. The molecule has 0 aromatic heterocycles. The first-order valence-electron chi connectivity index (χ1n) is 5.32. The van der Waals surface area contributed by atoms with Crippen LogP contribution in [0.15, 0.2) is 0 Å². The minimum atomic E-state index is 0.372. The minimum Gasteiger partial charge on any atom is -0.385 e. The number of methoxy groups -OCH3 is 1. The first-order valence-corrected chi connectivity index (χ1v) is 5.32. The Morgan fingerprint density at radius 3 is 2.85 bits per heavy atom. The molecular formula is C10H22N2O. The van der Waals surface area contributed by atoms with Gasteiger partial charge in [0, 0.05) is 25.8 Å². The van der Waals surface area contributed by atoms with E-state index in [1.165, 1.54) is 25.7 Å². The molecule has 0 unspecified atom stereocenters. The molecule has 3 N–H and O–H groups in total. The van der Waals surface area contributed by atoms with E-state index in [1.54, 1.807) is 7.11 Å². The van der Waals surface area contributed by atoms with Gasteiger partial charge in [-0.2, -0.15) is 0 Å². The maximum absolute atomic E-state index is 6.00. The highest BCUT2D eigenvalue weighted by Gasteiger charge is 2.20. The lowest BCUT2D eigenvalue weighted by Gasteiger charge is -2.29. The number of hydrogen-bond donors (Lipinski definition) is 2. The molecule has 0 aromatic carbocycles. The summed E-state index contributed by atoms with van der Waals surface area (Å²) in [5, 5.41) is 3.50. The fourth-order valence-electron chi connectivity index (χ4n) is 1.92. The summed E-state index contributed by atoms with van der Waals surface area (Å²) >= 11 is 0. The van der Waals surface area contributed by atoms with Gasteiger partial charge in [-0.1, -0.05) is 12.8 Å². The maximum atomic E-state index is 6.00. The van der Waals surface area contributed by atoms with Crippen LogP contribution in [0.3, 0.4) is 0 Å². The fraction of sp³-hybridized carbons (Fsp3) is 1.00. The highest BCUT2D eigenvalue weighted by atomic mass is 16.5. The number of ether oxygens (including phenoxy) is 1. The summed E-state index contributed by atoms with van der Waals surface area (Å²) in [6, 6.07) is 0.918. The van der Waals surface area contributed by atoms with Crippen LogP contribution < -0.4 is 11.1 Å². The smallest absolute Gasteiger partial charge is 0.0474 e. The lowest BCUT2D eigenvalue weighted by molar-refractivity contribution is 0.191. The summed E-state index contributed by atoms with van der Waals surface area (Å²) in [4.78, 5) is 0. The average molecular weight is 186 g/mol. The molecule has 3 heteroatoms. The number of hydrogen-bond acceptors (Lipinski definition) is 3. The van der Waals surface area contributed by atoms with Crippen LogP contribution in [0.25, 0.3) is 0 Å². The first-order chi connectivity index (χ1) is 6.34. The summed E-state index contributed by atoms with van der Waals surface area (Å²) in [6.45, 7) is 1.88. The van der Waals surface area contributed by atoms with Gasteiger partial charge in [-0.3, -0.25) is 0 Å². The van der Waals surface area contributed by atoms with Gasteiger partial charge < -0.3 is 15.8 Å². The average Bonchev–Trinajstić information content (AvgIpc) is 2.15. The normalized spacial score (nSPS) is 29.1. The Balaban J connectivity index is 2.05. The van der Waals surface area contributed by atoms with E-state index in [1.807, 2.05) is 0 Å². The van der Waals surface area contributed by atoms with Crippen LogP contribution in [0.5, 0.6) is 0 Å². The molecule has 1 saturated carbocycles. The molecule has 0 saturated heterocycles. The maximum Gasteiger partial charge on any atom is 0.0474 e. The third-order valence-corrected chi connectivity index (χ3v) is 2.75. The molecular weight excluding hydrogens is 164 g/mol. The van der Waals surface area contributed by atoms with E-state index < -0.39 is 0 Å². The largest absolute Gasteiger partial charge is 0.385 e. The lowest BCUT2D eigenvalue weighted by atomic mass is 9.91. The lowest BCUT2D eigenvalue weighted by Crippen LogP contribution is -2.47. The molecule has 13 heavy (non-hydrogen) atoms. The monoisotopic (exact) mass is 186 g/mol. The summed E-state index contributed by atoms with van der Waals surface area (Å²) in [6.07, 6.45) is 6.14. The van der Waals surface area contributed by atoms with E-state index in [0.717, 1.165) is 19.6 Å². The molecule has 0 aromatic rings. The Bertz CT molecular complexity index is 130. The minimum absolute atomic E-state index is 0.372. The second kappa shape index (κ2) is 6.35. The van der Waals surface area contributed by atoms with Crippen molar-refractivity contribution in [3.63, 3.8) is 0 Å². The van der Waals surface area contributed by atoms with Gasteiger partial charge >= 0.3 is 0 Å². The second-order valence-electron chi connectivity index (χ2n) is 3.86. The van der Waals surface area contributed by atoms with E-state index in [2.05, 4.69) is 5.32 Å². The second-order valence-corrected chi connectivity index (χ2v) is 3.86. The van der Waals surface area contributed by atoms with E-state index in [4.69, 9.17) is 10.5 Å². The quantitative estimate of drug-likeness (QED) is 0.627. The molecule has 0 radical (unpaired) electrons. The van der Waals surface area contributed by atoms with Gasteiger partial charge in [0.15, 0.2) is 0 Å². The Kier molecular flexibility index (Phi) is 5.35. The summed E-state index contributed by atoms with van der Waals surface area (Å²) in [5.41, 5.74) is 6.00. The third-order valence-electron chi connectivity index (χ3n) is 2.75. The van der Waals surface area contributed by atoms with Crippen LogP contribution in [0.4, 0.5) is 0 Å². The summed E-state index contributed by atoms with van der Waals surface area (Å²) in [7, 11) is 1.74. The van der Waals surface area contributed by atoms with Gasteiger partial charge in [0.2, 0.25) is 0 Å². The van der Waals surface area contributed by atoms with Crippen molar-refractivity contribution >= 4 is 0 Å². The SMILES string of the molecule is COCCCN[C@@H]1CCCC[C@@H]1N. The predicted molar refractivity (Wildman–Crippen MR) is 54.7 cm³/mol. The van der Waals surface area contributed by atoms with Crippen molar-refractivity contribution in [1.29, 1.82) is 0 Å². The Labute approximate surface area is 81.0 Å². The Hall–Kier alpha value is -0.120. The highest BCUT2D eigenvalue weighted by molar-refractivity contribution is 4.83. The van der Waals surface area contributed by atoms with E-state index in [9.17, 15) is 0 Å². The van der Waals surface area contributed by atoms with E-state index in [-0.39, 0.29) is 0 Å². The predicted octanol–water partition coefficient (Wildman–Crippen LogP) is 0.882. The van der Waals surface area contributed by atoms with Crippen LogP contribution in [-0.2, 0) is 4.74 Å². The van der Waals surface area contributed by atoms with Crippen molar-refractivity contribution in [2.45, 2.75) is 44.2 Å². The van der Waals surface area contributed by atoms with Gasteiger partial charge in [-0.25, -0.2) is 0 Å². The van der Waals surface area contributed by atoms with Gasteiger partial charge in [-0.15, -0.1) is 0 Å². The molecule has 2 atom stereocenters. The van der Waals surface area contributed by atoms with Crippen molar-refractivity contribution in [3.8, 4) is 0 Å². The van der Waals surface area contributed by atoms with Crippen LogP contribution in [-0.4, -0.2) is 32.3 Å². The zero-order valence-corrected chi connectivity index (χ0v) is 8.59. The molecule has 0 aliphatic heterocycles. The van der Waals surface area contributed by atoms with Crippen molar-refractivity contribution < 1.29 is 4.74 Å². The van der Waals surface area contributed by atoms with E-state index in [0.29, 0.717) is 12.1 Å². The van der Waals surface area contributed by atoms with Crippen molar-refractivity contribution in [2.75, 3.05) is 20.3 Å². The summed E-state index contributed by atoms with van der Waals surface area (Å²) in [5.74, 6) is 0. The van der Waals surface area contributed by atoms with Crippen LogP contribution in [0, 0.1) is 0 Å². The van der Waals surface area contributed by atoms with Crippen molar-refractivity contribution in [3.05, 3.63) is 0 Å². The van der Waals surface area contributed by atoms with Crippen LogP contribution in [0.1, 0.15) is 32.1 Å². The fourth-order valence-corrected chi connectivity index (χ4v) is 1.92. The standard InChI is InChI=1S/C10H22N2O/c1-13-8-4-7-12-10-6-3-2-5-9(10)11/h9-10,12H,2-8,11H2,1H3/t9-,10+/m0/s1. The van der Waals surface area contributed by atoms with Gasteiger partial charge in [0.1, 0.15) is 0 Å². The van der Waals surface area contributed by atoms with Crippen molar-refractivity contribution in [1.82, 2.24) is 5.32 Å². The van der Waals surface area contributed by atoms with E-state index >= 15 is 0 Å². The highest BCUT2D eigenvalue weighted by Crippen LogP contribution is 2.16. The number of rotatable bonds is 5. The Morgan fingerprint density at radius 1 is 1.38 bits per heavy atom. The zero-order valence-electron chi connectivity index (χ0n) is 8.59. The van der Waals surface area contributed by atoms with Gasteiger partial charge in [0.05, 0.1) is 0 Å². The van der Waals surface area contributed by atoms with Crippen LogP contribution in [0.2, 0.25) is 0 Å². The summed E-state index contributed by atoms with van der Waals surface area (Å²) < 4.78 is 4.99. The molecule has 78 valence electrons. The van der Waals surface area contributed by atoms with Gasteiger partial charge in [0.25, 0.3) is 0 Å². The number of nitrogens with two attached hydrogens (primary N) is 1. The molecule has 1 rings (SSSR count). The number of nitrogens with one attached hydrogen (secondary N) is 1. The third kappa shape index (κ3) is 4.07.